The van der Waals surface area contributed by atoms with Gasteiger partial charge in [-0.1, -0.05) is 18.2 Å². The molecular formula is C16H23ClN2OS. The van der Waals surface area contributed by atoms with E-state index in [0.717, 1.165) is 32.5 Å². The summed E-state index contributed by atoms with van der Waals surface area (Å²) < 4.78 is 0. The summed E-state index contributed by atoms with van der Waals surface area (Å²) in [6.07, 6.45) is 3.28. The van der Waals surface area contributed by atoms with E-state index in [4.69, 9.17) is 0 Å². The van der Waals surface area contributed by atoms with Gasteiger partial charge in [-0.25, -0.2) is 0 Å². The minimum atomic E-state index is 0. The fourth-order valence-electron chi connectivity index (χ4n) is 3.24. The standard InChI is InChI=1S/C16H22N2OS.ClH/c1-17-10-12-5-4-8-18(11-12)16(19)15-9-13-6-2-3-7-14(13)20-15;/h2-3,6-7,12,15,17H,4-5,8-11H2,1H3;1H. The molecule has 1 aromatic carbocycles. The Balaban J connectivity index is 0.00000161. The molecule has 1 fully saturated rings. The molecule has 0 aliphatic carbocycles. The molecular weight excluding hydrogens is 304 g/mol. The maximum Gasteiger partial charge on any atom is 0.236 e. The number of likely N-dealkylation sites (tertiary alicyclic amines) is 1. The van der Waals surface area contributed by atoms with Crippen LogP contribution in [0.15, 0.2) is 29.2 Å². The first-order valence-electron chi connectivity index (χ1n) is 7.46. The molecule has 0 bridgehead atoms. The predicted octanol–water partition coefficient (Wildman–Crippen LogP) is 2.58. The Bertz CT molecular complexity index is 470. The second-order valence-electron chi connectivity index (χ2n) is 5.77. The molecule has 0 saturated carbocycles. The van der Waals surface area contributed by atoms with Crippen LogP contribution in [0, 0.1) is 5.92 Å². The lowest BCUT2D eigenvalue weighted by atomic mass is 9.97. The summed E-state index contributed by atoms with van der Waals surface area (Å²) in [7, 11) is 1.99. The van der Waals surface area contributed by atoms with Gasteiger partial charge in [-0.15, -0.1) is 24.2 Å². The van der Waals surface area contributed by atoms with Gasteiger partial charge in [0.05, 0.1) is 5.25 Å². The topological polar surface area (TPSA) is 32.3 Å². The number of nitrogens with one attached hydrogen (secondary N) is 1. The molecule has 1 amide bonds. The van der Waals surface area contributed by atoms with E-state index in [1.54, 1.807) is 11.8 Å². The van der Waals surface area contributed by atoms with Crippen molar-refractivity contribution in [2.24, 2.45) is 5.92 Å². The van der Waals surface area contributed by atoms with Gasteiger partial charge in [0.1, 0.15) is 0 Å². The summed E-state index contributed by atoms with van der Waals surface area (Å²) in [5, 5.41) is 3.34. The Labute approximate surface area is 137 Å². The molecule has 1 N–H and O–H groups in total. The van der Waals surface area contributed by atoms with Crippen LogP contribution in [-0.4, -0.2) is 42.7 Å². The minimum absolute atomic E-state index is 0. The van der Waals surface area contributed by atoms with E-state index in [-0.39, 0.29) is 17.7 Å². The van der Waals surface area contributed by atoms with E-state index < -0.39 is 0 Å². The van der Waals surface area contributed by atoms with E-state index in [9.17, 15) is 4.79 Å². The average Bonchev–Trinajstić information content (AvgIpc) is 2.91. The predicted molar refractivity (Wildman–Crippen MR) is 90.3 cm³/mol. The van der Waals surface area contributed by atoms with Crippen LogP contribution in [0.2, 0.25) is 0 Å². The third-order valence-corrected chi connectivity index (χ3v) is 5.55. The largest absolute Gasteiger partial charge is 0.341 e. The Morgan fingerprint density at radius 2 is 2.24 bits per heavy atom. The van der Waals surface area contributed by atoms with Gasteiger partial charge >= 0.3 is 0 Å². The maximum absolute atomic E-state index is 12.7. The van der Waals surface area contributed by atoms with Gasteiger partial charge in [0, 0.05) is 18.0 Å². The number of hydrogen-bond donors (Lipinski definition) is 1. The van der Waals surface area contributed by atoms with Gasteiger partial charge in [-0.05, 0) is 50.4 Å². The molecule has 3 nitrogen and oxygen atoms in total. The molecule has 2 unspecified atom stereocenters. The Hall–Kier alpha value is -0.710. The number of benzene rings is 1. The lowest BCUT2D eigenvalue weighted by Gasteiger charge is -2.34. The zero-order valence-corrected chi connectivity index (χ0v) is 14.0. The Morgan fingerprint density at radius 3 is 3.00 bits per heavy atom. The van der Waals surface area contributed by atoms with Crippen molar-refractivity contribution in [1.29, 1.82) is 0 Å². The van der Waals surface area contributed by atoms with Crippen molar-refractivity contribution in [3.8, 4) is 0 Å². The first-order valence-corrected chi connectivity index (χ1v) is 8.34. The molecule has 0 radical (unpaired) electrons. The van der Waals surface area contributed by atoms with Gasteiger partial charge in [-0.2, -0.15) is 0 Å². The highest BCUT2D eigenvalue weighted by Gasteiger charge is 2.33. The number of fused-ring (bicyclic) bond motifs is 1. The zero-order chi connectivity index (χ0) is 13.9. The summed E-state index contributed by atoms with van der Waals surface area (Å²) in [5.74, 6) is 0.957. The van der Waals surface area contributed by atoms with Crippen LogP contribution >= 0.6 is 24.2 Å². The van der Waals surface area contributed by atoms with E-state index in [2.05, 4.69) is 34.5 Å². The third-order valence-electron chi connectivity index (χ3n) is 4.25. The van der Waals surface area contributed by atoms with Crippen molar-refractivity contribution in [1.82, 2.24) is 10.2 Å². The smallest absolute Gasteiger partial charge is 0.236 e. The third kappa shape index (κ3) is 3.74. The number of thioether (sulfide) groups is 1. The highest BCUT2D eigenvalue weighted by atomic mass is 35.5. The van der Waals surface area contributed by atoms with Crippen molar-refractivity contribution in [2.75, 3.05) is 26.7 Å². The van der Waals surface area contributed by atoms with Gasteiger partial charge in [0.25, 0.3) is 0 Å². The number of hydrogen-bond acceptors (Lipinski definition) is 3. The summed E-state index contributed by atoms with van der Waals surface area (Å²) in [6.45, 7) is 2.88. The molecule has 1 saturated heterocycles. The monoisotopic (exact) mass is 326 g/mol. The van der Waals surface area contributed by atoms with E-state index in [0.29, 0.717) is 11.8 Å². The summed E-state index contributed by atoms with van der Waals surface area (Å²) in [4.78, 5) is 16.1. The first-order chi connectivity index (χ1) is 9.78. The number of halogens is 1. The van der Waals surface area contributed by atoms with Crippen LogP contribution < -0.4 is 5.32 Å². The molecule has 3 rings (SSSR count). The lowest BCUT2D eigenvalue weighted by molar-refractivity contribution is -0.132. The average molecular weight is 327 g/mol. The number of nitrogens with zero attached hydrogens (tertiary/aromatic N) is 1. The molecule has 116 valence electrons. The highest BCUT2D eigenvalue weighted by molar-refractivity contribution is 8.01. The SMILES string of the molecule is CNCC1CCCN(C(=O)C2Cc3ccccc3S2)C1.Cl. The van der Waals surface area contributed by atoms with Crippen molar-refractivity contribution in [2.45, 2.75) is 29.4 Å². The summed E-state index contributed by atoms with van der Waals surface area (Å²) in [5.41, 5.74) is 1.33. The van der Waals surface area contributed by atoms with Crippen molar-refractivity contribution in [3.05, 3.63) is 29.8 Å². The highest BCUT2D eigenvalue weighted by Crippen LogP contribution is 2.38. The minimum Gasteiger partial charge on any atom is -0.341 e. The van der Waals surface area contributed by atoms with Crippen molar-refractivity contribution < 1.29 is 4.79 Å². The zero-order valence-electron chi connectivity index (χ0n) is 12.4. The Kier molecular flexibility index (Phi) is 5.97. The van der Waals surface area contributed by atoms with Crippen LogP contribution in [0.1, 0.15) is 18.4 Å². The number of amides is 1. The van der Waals surface area contributed by atoms with Gasteiger partial charge < -0.3 is 10.2 Å². The molecule has 21 heavy (non-hydrogen) atoms. The normalized spacial score (nSPS) is 24.3. The molecule has 2 aliphatic rings. The van der Waals surface area contributed by atoms with E-state index >= 15 is 0 Å². The van der Waals surface area contributed by atoms with E-state index in [1.807, 2.05) is 7.05 Å². The fourth-order valence-corrected chi connectivity index (χ4v) is 4.52. The molecule has 0 spiro atoms. The van der Waals surface area contributed by atoms with Gasteiger partial charge in [0.2, 0.25) is 5.91 Å². The van der Waals surface area contributed by atoms with Crippen molar-refractivity contribution >= 4 is 30.1 Å². The summed E-state index contributed by atoms with van der Waals surface area (Å²) in [6, 6.07) is 8.40. The second-order valence-corrected chi connectivity index (χ2v) is 7.01. The summed E-state index contributed by atoms with van der Waals surface area (Å²) >= 11 is 1.75. The number of piperidine rings is 1. The van der Waals surface area contributed by atoms with E-state index in [1.165, 1.54) is 16.9 Å². The van der Waals surface area contributed by atoms with Crippen molar-refractivity contribution in [3.63, 3.8) is 0 Å². The number of carbonyl (C=O) groups excluding carboxylic acids is 1. The second kappa shape index (κ2) is 7.52. The maximum atomic E-state index is 12.7. The number of carbonyl (C=O) groups is 1. The molecule has 2 atom stereocenters. The number of rotatable bonds is 3. The molecule has 2 aliphatic heterocycles. The van der Waals surface area contributed by atoms with Gasteiger partial charge in [0.15, 0.2) is 0 Å². The Morgan fingerprint density at radius 1 is 1.43 bits per heavy atom. The molecule has 1 aromatic rings. The van der Waals surface area contributed by atoms with Crippen LogP contribution in [0.3, 0.4) is 0 Å². The lowest BCUT2D eigenvalue weighted by Crippen LogP contribution is -2.45. The van der Waals surface area contributed by atoms with Crippen LogP contribution in [-0.2, 0) is 11.2 Å². The van der Waals surface area contributed by atoms with Crippen LogP contribution in [0.5, 0.6) is 0 Å². The van der Waals surface area contributed by atoms with Gasteiger partial charge in [-0.3, -0.25) is 4.79 Å². The first kappa shape index (κ1) is 16.7. The molecule has 2 heterocycles. The fraction of sp³-hybridized carbons (Fsp3) is 0.562. The molecule has 5 heteroatoms. The quantitative estimate of drug-likeness (QED) is 0.926. The van der Waals surface area contributed by atoms with Crippen LogP contribution in [0.4, 0.5) is 0 Å². The van der Waals surface area contributed by atoms with Crippen LogP contribution in [0.25, 0.3) is 0 Å². The molecule has 0 aromatic heterocycles.